The first-order valence-electron chi connectivity index (χ1n) is 13.4. The molecule has 0 radical (unpaired) electrons. The van der Waals surface area contributed by atoms with Crippen LogP contribution >= 0.6 is 0 Å². The van der Waals surface area contributed by atoms with Crippen LogP contribution in [0.3, 0.4) is 0 Å². The van der Waals surface area contributed by atoms with E-state index in [1.54, 1.807) is 6.08 Å². The van der Waals surface area contributed by atoms with Gasteiger partial charge in [0.1, 0.15) is 5.75 Å². The number of rotatable bonds is 17. The van der Waals surface area contributed by atoms with E-state index in [2.05, 4.69) is 42.8 Å². The van der Waals surface area contributed by atoms with Crippen molar-refractivity contribution in [2.75, 3.05) is 19.8 Å². The summed E-state index contributed by atoms with van der Waals surface area (Å²) in [6.07, 6.45) is 6.96. The van der Waals surface area contributed by atoms with E-state index in [0.29, 0.717) is 32.6 Å². The van der Waals surface area contributed by atoms with Crippen LogP contribution in [0.25, 0.3) is 0 Å². The Balaban J connectivity index is 1.69. The van der Waals surface area contributed by atoms with Crippen LogP contribution in [0.4, 0.5) is 0 Å². The largest absolute Gasteiger partial charge is 0.494 e. The van der Waals surface area contributed by atoms with Crippen molar-refractivity contribution in [1.82, 2.24) is 10.6 Å². The molecule has 0 aliphatic heterocycles. The van der Waals surface area contributed by atoms with Gasteiger partial charge >= 0.3 is 0 Å². The third kappa shape index (κ3) is 8.85. The number of benzene rings is 2. The lowest BCUT2D eigenvalue weighted by atomic mass is 10.00. The van der Waals surface area contributed by atoms with Gasteiger partial charge in [-0.2, -0.15) is 0 Å². The van der Waals surface area contributed by atoms with Gasteiger partial charge in [0.25, 0.3) is 0 Å². The molecule has 0 aromatic heterocycles. The summed E-state index contributed by atoms with van der Waals surface area (Å²) in [6, 6.07) is 15.7. The standard InChI is InChI=1S/C31H42N2O4/c1-4-7-9-14-31(35)33-28(19-23-12-10-8-11-13-23)29(34)22-32-27-21-30(37-18-6-3)25-16-15-24(20-26(25)27)36-17-5-2/h4,6,8,10-13,15-16,20,27-30,32,34H,1,3,5,7,9,14,17-19,21-22H2,2H3,(H,33,35)/t27-,28-,29-,30+/m0/s1. The van der Waals surface area contributed by atoms with Gasteiger partial charge in [-0.3, -0.25) is 4.79 Å². The van der Waals surface area contributed by atoms with Crippen molar-refractivity contribution in [1.29, 1.82) is 0 Å². The topological polar surface area (TPSA) is 79.8 Å². The highest BCUT2D eigenvalue weighted by Crippen LogP contribution is 2.42. The van der Waals surface area contributed by atoms with Gasteiger partial charge in [-0.25, -0.2) is 0 Å². The predicted octanol–water partition coefficient (Wildman–Crippen LogP) is 5.20. The second-order valence-corrected chi connectivity index (χ2v) is 9.56. The predicted molar refractivity (Wildman–Crippen MR) is 149 cm³/mol. The van der Waals surface area contributed by atoms with Crippen LogP contribution in [0, 0.1) is 0 Å². The number of unbranched alkanes of at least 4 members (excludes halogenated alkanes) is 1. The molecule has 1 amide bonds. The van der Waals surface area contributed by atoms with E-state index in [1.807, 2.05) is 42.5 Å². The van der Waals surface area contributed by atoms with Gasteiger partial charge in [-0.05, 0) is 60.9 Å². The molecule has 0 fully saturated rings. The number of carbonyl (C=O) groups is 1. The normalized spacial score (nSPS) is 18.0. The van der Waals surface area contributed by atoms with Crippen LogP contribution in [0.2, 0.25) is 0 Å². The van der Waals surface area contributed by atoms with Crippen LogP contribution in [-0.4, -0.2) is 42.9 Å². The molecule has 0 unspecified atom stereocenters. The molecule has 6 heteroatoms. The first-order chi connectivity index (χ1) is 18.0. The molecule has 200 valence electrons. The number of hydrogen-bond donors (Lipinski definition) is 3. The summed E-state index contributed by atoms with van der Waals surface area (Å²) >= 11 is 0. The van der Waals surface area contributed by atoms with Gasteiger partial charge in [0.2, 0.25) is 5.91 Å². The summed E-state index contributed by atoms with van der Waals surface area (Å²) in [5.74, 6) is 0.787. The Morgan fingerprint density at radius 2 is 1.97 bits per heavy atom. The minimum atomic E-state index is -0.764. The van der Waals surface area contributed by atoms with E-state index in [-0.39, 0.29) is 18.1 Å². The van der Waals surface area contributed by atoms with E-state index in [0.717, 1.165) is 48.1 Å². The Bertz CT molecular complexity index is 994. The number of amides is 1. The zero-order valence-electron chi connectivity index (χ0n) is 22.0. The number of nitrogens with one attached hydrogen (secondary N) is 2. The van der Waals surface area contributed by atoms with Crippen molar-refractivity contribution in [3.63, 3.8) is 0 Å². The summed E-state index contributed by atoms with van der Waals surface area (Å²) in [6.45, 7) is 11.1. The van der Waals surface area contributed by atoms with E-state index in [4.69, 9.17) is 9.47 Å². The first-order valence-corrected chi connectivity index (χ1v) is 13.4. The minimum Gasteiger partial charge on any atom is -0.494 e. The summed E-state index contributed by atoms with van der Waals surface area (Å²) in [4.78, 5) is 12.6. The van der Waals surface area contributed by atoms with Gasteiger partial charge in [-0.15, -0.1) is 13.2 Å². The molecule has 0 bridgehead atoms. The lowest BCUT2D eigenvalue weighted by Crippen LogP contribution is -2.49. The molecule has 6 nitrogen and oxygen atoms in total. The Morgan fingerprint density at radius 1 is 1.16 bits per heavy atom. The molecule has 3 N–H and O–H groups in total. The van der Waals surface area contributed by atoms with Crippen molar-refractivity contribution in [3.8, 4) is 5.75 Å². The monoisotopic (exact) mass is 506 g/mol. The van der Waals surface area contributed by atoms with Crippen LogP contribution in [0.5, 0.6) is 5.75 Å². The maximum Gasteiger partial charge on any atom is 0.220 e. The maximum absolute atomic E-state index is 12.6. The molecule has 3 rings (SSSR count). The Kier molecular flexibility index (Phi) is 11.9. The number of fused-ring (bicyclic) bond motifs is 1. The number of hydrogen-bond acceptors (Lipinski definition) is 5. The van der Waals surface area contributed by atoms with Crippen LogP contribution < -0.4 is 15.4 Å². The zero-order valence-corrected chi connectivity index (χ0v) is 22.0. The fourth-order valence-electron chi connectivity index (χ4n) is 4.70. The Morgan fingerprint density at radius 3 is 2.70 bits per heavy atom. The average molecular weight is 507 g/mol. The number of carbonyl (C=O) groups excluding carboxylic acids is 1. The quantitative estimate of drug-likeness (QED) is 0.203. The van der Waals surface area contributed by atoms with Gasteiger partial charge < -0.3 is 25.2 Å². The third-order valence-corrected chi connectivity index (χ3v) is 6.61. The molecule has 37 heavy (non-hydrogen) atoms. The molecule has 0 heterocycles. The SMILES string of the molecule is C=CCCCC(=O)N[C@@H](Cc1ccccc1)[C@@H](O)CN[C@H]1C[C@@H](OCC=C)c2ccc(OCCC)cc21. The van der Waals surface area contributed by atoms with Crippen molar-refractivity contribution < 1.29 is 19.4 Å². The average Bonchev–Trinajstić information content (AvgIpc) is 3.26. The maximum atomic E-state index is 12.6. The highest BCUT2D eigenvalue weighted by molar-refractivity contribution is 5.76. The second kappa shape index (κ2) is 15.4. The molecular formula is C31H42N2O4. The number of ether oxygens (including phenoxy) is 2. The zero-order chi connectivity index (χ0) is 26.5. The van der Waals surface area contributed by atoms with Gasteiger partial charge in [-0.1, -0.05) is 55.5 Å². The Hall–Kier alpha value is -2.93. The van der Waals surface area contributed by atoms with Crippen molar-refractivity contribution >= 4 is 5.91 Å². The van der Waals surface area contributed by atoms with E-state index < -0.39 is 12.1 Å². The van der Waals surface area contributed by atoms with Gasteiger partial charge in [0.05, 0.1) is 31.5 Å². The summed E-state index contributed by atoms with van der Waals surface area (Å²) in [5.41, 5.74) is 3.33. The molecule has 2 aromatic rings. The van der Waals surface area contributed by atoms with E-state index in [9.17, 15) is 9.90 Å². The molecule has 2 aromatic carbocycles. The second-order valence-electron chi connectivity index (χ2n) is 9.56. The smallest absolute Gasteiger partial charge is 0.220 e. The molecule has 0 spiro atoms. The molecule has 1 aliphatic carbocycles. The van der Waals surface area contributed by atoms with Crippen LogP contribution in [0.1, 0.15) is 67.9 Å². The summed E-state index contributed by atoms with van der Waals surface area (Å²) in [7, 11) is 0. The van der Waals surface area contributed by atoms with Gasteiger partial charge in [0, 0.05) is 19.0 Å². The minimum absolute atomic E-state index is 0.00492. The number of aliphatic hydroxyl groups excluding tert-OH is 1. The van der Waals surface area contributed by atoms with Crippen molar-refractivity contribution in [2.24, 2.45) is 0 Å². The molecular weight excluding hydrogens is 464 g/mol. The molecule has 1 aliphatic rings. The highest BCUT2D eigenvalue weighted by atomic mass is 16.5. The molecule has 4 atom stereocenters. The summed E-state index contributed by atoms with van der Waals surface area (Å²) < 4.78 is 11.9. The first kappa shape index (κ1) is 28.6. The third-order valence-electron chi connectivity index (χ3n) is 6.61. The van der Waals surface area contributed by atoms with Crippen LogP contribution in [0.15, 0.2) is 73.8 Å². The summed E-state index contributed by atoms with van der Waals surface area (Å²) in [5, 5.41) is 17.8. The fraction of sp³-hybridized carbons (Fsp3) is 0.452. The lowest BCUT2D eigenvalue weighted by molar-refractivity contribution is -0.122. The Labute approximate surface area is 221 Å². The van der Waals surface area contributed by atoms with Gasteiger partial charge in [0.15, 0.2) is 0 Å². The number of aliphatic hydroxyl groups is 1. The van der Waals surface area contributed by atoms with Crippen molar-refractivity contribution in [3.05, 3.63) is 90.5 Å². The van der Waals surface area contributed by atoms with E-state index in [1.165, 1.54) is 0 Å². The van der Waals surface area contributed by atoms with E-state index >= 15 is 0 Å². The highest BCUT2D eigenvalue weighted by Gasteiger charge is 2.33. The van der Waals surface area contributed by atoms with Crippen molar-refractivity contribution in [2.45, 2.75) is 69.7 Å². The van der Waals surface area contributed by atoms with Crippen LogP contribution in [-0.2, 0) is 16.0 Å². The molecule has 0 saturated heterocycles. The lowest BCUT2D eigenvalue weighted by Gasteiger charge is -2.26. The molecule has 0 saturated carbocycles. The number of allylic oxidation sites excluding steroid dienone is 1. The fourth-order valence-corrected chi connectivity index (χ4v) is 4.70.